The Hall–Kier alpha value is -2.38. The highest BCUT2D eigenvalue weighted by molar-refractivity contribution is 5.81. The lowest BCUT2D eigenvalue weighted by Gasteiger charge is -2.33. The largest absolute Gasteiger partial charge is 0.374 e. The summed E-state index contributed by atoms with van der Waals surface area (Å²) in [5, 5.41) is 4.95. The predicted molar refractivity (Wildman–Crippen MR) is 86.7 cm³/mol. The summed E-state index contributed by atoms with van der Waals surface area (Å²) in [4.78, 5) is 10.6. The third-order valence-electron chi connectivity index (χ3n) is 4.22. The Bertz CT molecular complexity index is 823. The number of halogens is 1. The lowest BCUT2D eigenvalue weighted by molar-refractivity contribution is -0.0401. The highest BCUT2D eigenvalue weighted by Crippen LogP contribution is 2.21. The molecule has 0 aliphatic carbocycles. The van der Waals surface area contributed by atoms with Crippen molar-refractivity contribution in [2.24, 2.45) is 0 Å². The van der Waals surface area contributed by atoms with Crippen LogP contribution in [0.5, 0.6) is 0 Å². The van der Waals surface area contributed by atoms with E-state index in [4.69, 9.17) is 4.74 Å². The van der Waals surface area contributed by atoms with Crippen LogP contribution in [0.2, 0.25) is 0 Å². The van der Waals surface area contributed by atoms with Crippen LogP contribution in [0.1, 0.15) is 5.56 Å². The summed E-state index contributed by atoms with van der Waals surface area (Å²) in [6.07, 6.45) is 5.00. The maximum Gasteiger partial charge on any atom is 0.137 e. The molecule has 1 aromatic carbocycles. The number of pyridine rings is 1. The van der Waals surface area contributed by atoms with Crippen molar-refractivity contribution < 1.29 is 9.13 Å². The van der Waals surface area contributed by atoms with Crippen LogP contribution in [0.25, 0.3) is 10.9 Å². The van der Waals surface area contributed by atoms with Gasteiger partial charge in [0.2, 0.25) is 0 Å². The van der Waals surface area contributed by atoms with E-state index in [9.17, 15) is 4.39 Å². The maximum atomic E-state index is 13.9. The molecule has 24 heavy (non-hydrogen) atoms. The fourth-order valence-corrected chi connectivity index (χ4v) is 3.16. The number of benzene rings is 1. The van der Waals surface area contributed by atoms with E-state index in [1.807, 2.05) is 12.1 Å². The van der Waals surface area contributed by atoms with Gasteiger partial charge in [0.05, 0.1) is 24.8 Å². The minimum Gasteiger partial charge on any atom is -0.374 e. The molecule has 4 rings (SSSR count). The second-order valence-corrected chi connectivity index (χ2v) is 5.99. The molecule has 3 aromatic rings. The zero-order valence-corrected chi connectivity index (χ0v) is 13.2. The zero-order chi connectivity index (χ0) is 16.4. The molecule has 0 N–H and O–H groups in total. The van der Waals surface area contributed by atoms with E-state index in [0.717, 1.165) is 29.6 Å². The second kappa shape index (κ2) is 6.62. The van der Waals surface area contributed by atoms with Gasteiger partial charge < -0.3 is 4.74 Å². The van der Waals surface area contributed by atoms with Crippen LogP contribution in [0.3, 0.4) is 0 Å². The quantitative estimate of drug-likeness (QED) is 0.732. The molecule has 0 saturated carbocycles. The van der Waals surface area contributed by atoms with Crippen molar-refractivity contribution in [2.45, 2.75) is 19.2 Å². The van der Waals surface area contributed by atoms with Gasteiger partial charge in [-0.1, -0.05) is 6.07 Å². The monoisotopic (exact) mass is 327 g/mol. The second-order valence-electron chi connectivity index (χ2n) is 5.99. The predicted octanol–water partition coefficient (Wildman–Crippen LogP) is 1.87. The van der Waals surface area contributed by atoms with Crippen LogP contribution in [0.15, 0.2) is 43.1 Å². The molecule has 0 amide bonds. The Kier molecular flexibility index (Phi) is 4.18. The highest BCUT2D eigenvalue weighted by Gasteiger charge is 2.22. The van der Waals surface area contributed by atoms with E-state index < -0.39 is 0 Å². The van der Waals surface area contributed by atoms with Crippen molar-refractivity contribution >= 4 is 10.9 Å². The summed E-state index contributed by atoms with van der Waals surface area (Å²) in [7, 11) is 0. The maximum absolute atomic E-state index is 13.9. The molecule has 0 radical (unpaired) electrons. The van der Waals surface area contributed by atoms with Crippen molar-refractivity contribution in [3.63, 3.8) is 0 Å². The van der Waals surface area contributed by atoms with Gasteiger partial charge in [-0.05, 0) is 23.8 Å². The standard InChI is InChI=1S/C17H18FN5O/c18-15-6-13-2-1-3-20-17(13)14(7-15)8-22-4-5-24-16(9-22)10-23-12-19-11-21-23/h1-3,6-7,11-12,16H,4-5,8-10H2/t16-/m1/s1. The van der Waals surface area contributed by atoms with Gasteiger partial charge in [-0.25, -0.2) is 9.37 Å². The minimum atomic E-state index is -0.224. The lowest BCUT2D eigenvalue weighted by Crippen LogP contribution is -2.43. The molecular formula is C17H18FN5O. The first kappa shape index (κ1) is 15.2. The molecule has 2 aromatic heterocycles. The number of ether oxygens (including phenoxy) is 1. The summed E-state index contributed by atoms with van der Waals surface area (Å²) in [6.45, 7) is 3.56. The van der Waals surface area contributed by atoms with E-state index in [0.29, 0.717) is 19.7 Å². The Morgan fingerprint density at radius 1 is 1.33 bits per heavy atom. The van der Waals surface area contributed by atoms with E-state index in [1.54, 1.807) is 23.3 Å². The molecule has 6 nitrogen and oxygen atoms in total. The summed E-state index contributed by atoms with van der Waals surface area (Å²) < 4.78 is 21.5. The van der Waals surface area contributed by atoms with Gasteiger partial charge >= 0.3 is 0 Å². The third kappa shape index (κ3) is 3.27. The Labute approximate surface area is 138 Å². The average molecular weight is 327 g/mol. The molecule has 1 saturated heterocycles. The number of aromatic nitrogens is 4. The van der Waals surface area contributed by atoms with Crippen LogP contribution in [-0.2, 0) is 17.8 Å². The summed E-state index contributed by atoms with van der Waals surface area (Å²) in [5.74, 6) is -0.224. The van der Waals surface area contributed by atoms with E-state index in [2.05, 4.69) is 20.0 Å². The molecule has 0 unspecified atom stereocenters. The lowest BCUT2D eigenvalue weighted by atomic mass is 10.1. The Morgan fingerprint density at radius 3 is 3.17 bits per heavy atom. The first-order valence-corrected chi connectivity index (χ1v) is 7.97. The fourth-order valence-electron chi connectivity index (χ4n) is 3.16. The van der Waals surface area contributed by atoms with Gasteiger partial charge in [-0.15, -0.1) is 0 Å². The van der Waals surface area contributed by atoms with Crippen LogP contribution in [-0.4, -0.2) is 50.4 Å². The van der Waals surface area contributed by atoms with Crippen molar-refractivity contribution in [3.8, 4) is 0 Å². The fraction of sp³-hybridized carbons (Fsp3) is 0.353. The Balaban J connectivity index is 1.50. The van der Waals surface area contributed by atoms with Crippen LogP contribution in [0, 0.1) is 5.82 Å². The van der Waals surface area contributed by atoms with Gasteiger partial charge in [-0.2, -0.15) is 5.10 Å². The first-order chi connectivity index (χ1) is 11.8. The number of nitrogens with zero attached hydrogens (tertiary/aromatic N) is 5. The van der Waals surface area contributed by atoms with Gasteiger partial charge in [-0.3, -0.25) is 14.6 Å². The molecule has 1 aliphatic rings. The number of morpholine rings is 1. The molecule has 0 spiro atoms. The molecule has 1 fully saturated rings. The van der Waals surface area contributed by atoms with E-state index in [-0.39, 0.29) is 11.9 Å². The molecular weight excluding hydrogens is 309 g/mol. The average Bonchev–Trinajstić information content (AvgIpc) is 3.08. The van der Waals surface area contributed by atoms with Gasteiger partial charge in [0.25, 0.3) is 0 Å². The zero-order valence-electron chi connectivity index (χ0n) is 13.2. The van der Waals surface area contributed by atoms with E-state index in [1.165, 1.54) is 12.4 Å². The van der Waals surface area contributed by atoms with Crippen LogP contribution >= 0.6 is 0 Å². The Morgan fingerprint density at radius 2 is 2.29 bits per heavy atom. The van der Waals surface area contributed by atoms with Gasteiger partial charge in [0, 0.05) is 31.2 Å². The van der Waals surface area contributed by atoms with Crippen molar-refractivity contribution in [1.82, 2.24) is 24.6 Å². The van der Waals surface area contributed by atoms with Crippen molar-refractivity contribution in [2.75, 3.05) is 19.7 Å². The first-order valence-electron chi connectivity index (χ1n) is 7.97. The molecule has 124 valence electrons. The van der Waals surface area contributed by atoms with Gasteiger partial charge in [0.15, 0.2) is 0 Å². The molecule has 0 bridgehead atoms. The van der Waals surface area contributed by atoms with Crippen LogP contribution < -0.4 is 0 Å². The SMILES string of the molecule is Fc1cc(CN2CCO[C@@H](Cn3cncn3)C2)c2ncccc2c1. The van der Waals surface area contributed by atoms with Crippen LogP contribution in [0.4, 0.5) is 4.39 Å². The number of hydrogen-bond acceptors (Lipinski definition) is 5. The normalized spacial score (nSPS) is 19.0. The smallest absolute Gasteiger partial charge is 0.137 e. The number of hydrogen-bond donors (Lipinski definition) is 0. The van der Waals surface area contributed by atoms with Crippen molar-refractivity contribution in [1.29, 1.82) is 0 Å². The van der Waals surface area contributed by atoms with Gasteiger partial charge in [0.1, 0.15) is 18.5 Å². The van der Waals surface area contributed by atoms with Crippen molar-refractivity contribution in [3.05, 3.63) is 54.5 Å². The molecule has 1 aliphatic heterocycles. The molecule has 7 heteroatoms. The minimum absolute atomic E-state index is 0.0493. The summed E-state index contributed by atoms with van der Waals surface area (Å²) in [6, 6.07) is 6.83. The third-order valence-corrected chi connectivity index (χ3v) is 4.22. The topological polar surface area (TPSA) is 56.1 Å². The number of rotatable bonds is 4. The highest BCUT2D eigenvalue weighted by atomic mass is 19.1. The molecule has 1 atom stereocenters. The van der Waals surface area contributed by atoms with E-state index >= 15 is 0 Å². The number of fused-ring (bicyclic) bond motifs is 1. The molecule has 3 heterocycles. The summed E-state index contributed by atoms with van der Waals surface area (Å²) >= 11 is 0. The summed E-state index contributed by atoms with van der Waals surface area (Å²) in [5.41, 5.74) is 1.77.